The molecular weight excluding hydrogens is 384 g/mol. The van der Waals surface area contributed by atoms with Gasteiger partial charge in [0.15, 0.2) is 0 Å². The van der Waals surface area contributed by atoms with Crippen molar-refractivity contribution >= 4 is 45.0 Å². The van der Waals surface area contributed by atoms with Crippen LogP contribution in [0, 0.1) is 11.3 Å². The maximum absolute atomic E-state index is 12.1. The molecule has 0 aliphatic rings. The first kappa shape index (κ1) is 21.9. The summed E-state index contributed by atoms with van der Waals surface area (Å²) in [5.74, 6) is -0.657. The third-order valence-electron chi connectivity index (χ3n) is 3.39. The van der Waals surface area contributed by atoms with E-state index in [1.54, 1.807) is 52.0 Å². The van der Waals surface area contributed by atoms with Gasteiger partial charge in [0.2, 0.25) is 5.91 Å². The molecule has 1 aromatic rings. The average Bonchev–Trinajstić information content (AvgIpc) is 2.46. The van der Waals surface area contributed by atoms with Crippen LogP contribution in [0.1, 0.15) is 34.6 Å². The molecule has 1 unspecified atom stereocenters. The van der Waals surface area contributed by atoms with Crippen molar-refractivity contribution in [1.29, 1.82) is 0 Å². The molecule has 0 aliphatic carbocycles. The number of amides is 2. The topological polar surface area (TPSA) is 83.6 Å². The Labute approximate surface area is 150 Å². The van der Waals surface area contributed by atoms with Gasteiger partial charge in [0.1, 0.15) is 0 Å². The number of nitrogens with zero attached hydrogens (tertiary/aromatic N) is 1. The van der Waals surface area contributed by atoms with Crippen LogP contribution in [0.25, 0.3) is 0 Å². The standard InChI is InChI=1S/C12H15BrClNO2.C4H9NO/c1-8(13)12(2,3)11(16)15(17)10-7-5-4-6-9(10)14;1-3(2)4(5)6/h4-8,17H,1-3H3;3H,1-2H3,(H2,5,6). The van der Waals surface area contributed by atoms with E-state index in [2.05, 4.69) is 15.9 Å². The average molecular weight is 408 g/mol. The van der Waals surface area contributed by atoms with Gasteiger partial charge in [0.25, 0.3) is 5.91 Å². The zero-order valence-corrected chi connectivity index (χ0v) is 16.4. The number of carbonyl (C=O) groups excluding carboxylic acids is 2. The van der Waals surface area contributed by atoms with E-state index < -0.39 is 11.3 Å². The summed E-state index contributed by atoms with van der Waals surface area (Å²) in [6, 6.07) is 6.66. The van der Waals surface area contributed by atoms with E-state index in [9.17, 15) is 14.8 Å². The van der Waals surface area contributed by atoms with Gasteiger partial charge in [0, 0.05) is 10.7 Å². The number of anilines is 1. The van der Waals surface area contributed by atoms with E-state index >= 15 is 0 Å². The molecule has 0 saturated carbocycles. The molecule has 0 saturated heterocycles. The van der Waals surface area contributed by atoms with Gasteiger partial charge < -0.3 is 5.73 Å². The fraction of sp³-hybridized carbons (Fsp3) is 0.500. The summed E-state index contributed by atoms with van der Waals surface area (Å²) in [6.45, 7) is 8.91. The zero-order valence-electron chi connectivity index (χ0n) is 14.0. The molecule has 130 valence electrons. The van der Waals surface area contributed by atoms with E-state index in [1.807, 2.05) is 6.92 Å². The van der Waals surface area contributed by atoms with Crippen molar-refractivity contribution in [3.8, 4) is 0 Å². The van der Waals surface area contributed by atoms with Crippen molar-refractivity contribution in [2.45, 2.75) is 39.4 Å². The lowest BCUT2D eigenvalue weighted by atomic mass is 9.89. The molecule has 3 N–H and O–H groups in total. The molecule has 0 bridgehead atoms. The Balaban J connectivity index is 0.000000688. The molecular formula is C16H24BrClN2O3. The molecule has 0 heterocycles. The second-order valence-electron chi connectivity index (χ2n) is 5.96. The highest BCUT2D eigenvalue weighted by atomic mass is 79.9. The first-order valence-corrected chi connectivity index (χ1v) is 8.43. The van der Waals surface area contributed by atoms with Crippen LogP contribution in [0.3, 0.4) is 0 Å². The molecule has 0 aromatic heterocycles. The molecule has 0 spiro atoms. The zero-order chi connectivity index (χ0) is 18.4. The SMILES string of the molecule is CC(Br)C(C)(C)C(=O)N(O)c1ccccc1Cl.CC(C)C(N)=O. The van der Waals surface area contributed by atoms with Crippen molar-refractivity contribution in [3.05, 3.63) is 29.3 Å². The smallest absolute Gasteiger partial charge is 0.257 e. The van der Waals surface area contributed by atoms with Gasteiger partial charge in [-0.3, -0.25) is 14.8 Å². The fourth-order valence-electron chi connectivity index (χ4n) is 1.18. The first-order chi connectivity index (χ1) is 10.4. The minimum absolute atomic E-state index is 0.00926. The van der Waals surface area contributed by atoms with Gasteiger partial charge in [-0.25, -0.2) is 0 Å². The number of halogens is 2. The van der Waals surface area contributed by atoms with Gasteiger partial charge in [-0.2, -0.15) is 5.06 Å². The van der Waals surface area contributed by atoms with Crippen LogP contribution in [0.15, 0.2) is 24.3 Å². The van der Waals surface area contributed by atoms with Crippen LogP contribution in [0.5, 0.6) is 0 Å². The number of hydrogen-bond donors (Lipinski definition) is 2. The highest BCUT2D eigenvalue weighted by Crippen LogP contribution is 2.32. The highest BCUT2D eigenvalue weighted by molar-refractivity contribution is 9.09. The van der Waals surface area contributed by atoms with Crippen molar-refractivity contribution < 1.29 is 14.8 Å². The number of benzene rings is 1. The molecule has 5 nitrogen and oxygen atoms in total. The molecule has 0 fully saturated rings. The molecule has 0 aliphatic heterocycles. The van der Waals surface area contributed by atoms with E-state index in [-0.39, 0.29) is 16.7 Å². The van der Waals surface area contributed by atoms with Crippen molar-refractivity contribution in [1.82, 2.24) is 0 Å². The number of primary amides is 1. The summed E-state index contributed by atoms with van der Waals surface area (Å²) < 4.78 is 0. The van der Waals surface area contributed by atoms with E-state index in [0.717, 1.165) is 0 Å². The van der Waals surface area contributed by atoms with E-state index in [4.69, 9.17) is 17.3 Å². The number of alkyl halides is 1. The Morgan fingerprint density at radius 2 is 1.70 bits per heavy atom. The summed E-state index contributed by atoms with van der Waals surface area (Å²) >= 11 is 9.29. The largest absolute Gasteiger partial charge is 0.369 e. The lowest BCUT2D eigenvalue weighted by Crippen LogP contribution is -2.43. The van der Waals surface area contributed by atoms with Crippen LogP contribution in [-0.4, -0.2) is 21.8 Å². The van der Waals surface area contributed by atoms with Gasteiger partial charge >= 0.3 is 0 Å². The second-order valence-corrected chi connectivity index (χ2v) is 7.74. The van der Waals surface area contributed by atoms with Crippen LogP contribution < -0.4 is 10.8 Å². The second kappa shape index (κ2) is 9.25. The summed E-state index contributed by atoms with van der Waals surface area (Å²) in [5.41, 5.74) is 4.36. The molecule has 2 amide bonds. The first-order valence-electron chi connectivity index (χ1n) is 7.14. The van der Waals surface area contributed by atoms with E-state index in [1.165, 1.54) is 0 Å². The predicted molar refractivity (Wildman–Crippen MR) is 96.9 cm³/mol. The van der Waals surface area contributed by atoms with Gasteiger partial charge in [-0.1, -0.05) is 60.4 Å². The Morgan fingerprint density at radius 3 is 2.04 bits per heavy atom. The van der Waals surface area contributed by atoms with Gasteiger partial charge in [0.05, 0.1) is 16.1 Å². The Kier molecular flexibility index (Phi) is 8.80. The molecule has 7 heteroatoms. The summed E-state index contributed by atoms with van der Waals surface area (Å²) in [4.78, 5) is 22.0. The molecule has 23 heavy (non-hydrogen) atoms. The Bertz CT molecular complexity index is 548. The van der Waals surface area contributed by atoms with Crippen LogP contribution >= 0.6 is 27.5 Å². The third-order valence-corrected chi connectivity index (χ3v) is 4.85. The van der Waals surface area contributed by atoms with Crippen LogP contribution in [-0.2, 0) is 9.59 Å². The number of carbonyl (C=O) groups is 2. The number of para-hydroxylation sites is 1. The molecule has 1 aromatic carbocycles. The minimum Gasteiger partial charge on any atom is -0.369 e. The number of nitrogens with two attached hydrogens (primary N) is 1. The Hall–Kier alpha value is -1.11. The maximum atomic E-state index is 12.1. The molecule has 1 rings (SSSR count). The predicted octanol–water partition coefficient (Wildman–Crippen LogP) is 4.00. The number of rotatable bonds is 4. The quantitative estimate of drug-likeness (QED) is 0.449. The van der Waals surface area contributed by atoms with Gasteiger partial charge in [-0.05, 0) is 26.0 Å². The summed E-state index contributed by atoms with van der Waals surface area (Å²) in [7, 11) is 0. The Morgan fingerprint density at radius 1 is 1.26 bits per heavy atom. The minimum atomic E-state index is -0.728. The lowest BCUT2D eigenvalue weighted by molar-refractivity contribution is -0.131. The summed E-state index contributed by atoms with van der Waals surface area (Å²) in [5, 5.41) is 10.9. The number of hydroxylamine groups is 1. The molecule has 1 atom stereocenters. The molecule has 0 radical (unpaired) electrons. The highest BCUT2D eigenvalue weighted by Gasteiger charge is 2.36. The monoisotopic (exact) mass is 406 g/mol. The van der Waals surface area contributed by atoms with E-state index in [0.29, 0.717) is 15.8 Å². The van der Waals surface area contributed by atoms with Crippen molar-refractivity contribution in [2.24, 2.45) is 17.1 Å². The van der Waals surface area contributed by atoms with Crippen molar-refractivity contribution in [3.63, 3.8) is 0 Å². The van der Waals surface area contributed by atoms with Crippen LogP contribution in [0.2, 0.25) is 5.02 Å². The van der Waals surface area contributed by atoms with Crippen molar-refractivity contribution in [2.75, 3.05) is 5.06 Å². The fourth-order valence-corrected chi connectivity index (χ4v) is 1.59. The van der Waals surface area contributed by atoms with Crippen LogP contribution in [0.4, 0.5) is 5.69 Å². The van der Waals surface area contributed by atoms with Gasteiger partial charge in [-0.15, -0.1) is 0 Å². The lowest BCUT2D eigenvalue weighted by Gasteiger charge is -2.30. The summed E-state index contributed by atoms with van der Waals surface area (Å²) in [6.07, 6.45) is 0. The number of hydrogen-bond acceptors (Lipinski definition) is 3. The third kappa shape index (κ3) is 6.49. The normalized spacial score (nSPS) is 12.2. The maximum Gasteiger partial charge on any atom is 0.257 e.